The van der Waals surface area contributed by atoms with Crippen LogP contribution in [0.25, 0.3) is 0 Å². The number of aromatic nitrogens is 2. The van der Waals surface area contributed by atoms with Gasteiger partial charge in [0.25, 0.3) is 0 Å². The Morgan fingerprint density at radius 2 is 2.38 bits per heavy atom. The second-order valence-corrected chi connectivity index (χ2v) is 6.99. The SMILES string of the molecule is CCn1cc(C2OCCC2CNCc2ccc(C)s2)cn1. The van der Waals surface area contributed by atoms with Crippen LogP contribution in [-0.2, 0) is 17.8 Å². The quantitative estimate of drug-likeness (QED) is 0.891. The van der Waals surface area contributed by atoms with Crippen LogP contribution in [-0.4, -0.2) is 22.9 Å². The number of hydrogen-bond acceptors (Lipinski definition) is 4. The lowest BCUT2D eigenvalue weighted by Crippen LogP contribution is -2.24. The first-order chi connectivity index (χ1) is 10.3. The van der Waals surface area contributed by atoms with E-state index in [1.807, 2.05) is 22.2 Å². The average molecular weight is 305 g/mol. The molecule has 0 aliphatic carbocycles. The van der Waals surface area contributed by atoms with Crippen molar-refractivity contribution in [1.29, 1.82) is 0 Å². The van der Waals surface area contributed by atoms with Gasteiger partial charge in [-0.3, -0.25) is 4.68 Å². The summed E-state index contributed by atoms with van der Waals surface area (Å²) in [5.74, 6) is 0.542. The van der Waals surface area contributed by atoms with E-state index in [9.17, 15) is 0 Å². The Morgan fingerprint density at radius 1 is 1.48 bits per heavy atom. The summed E-state index contributed by atoms with van der Waals surface area (Å²) in [6.07, 6.45) is 5.39. The van der Waals surface area contributed by atoms with Crippen LogP contribution in [0.3, 0.4) is 0 Å². The van der Waals surface area contributed by atoms with Crippen molar-refractivity contribution in [2.75, 3.05) is 13.2 Å². The van der Waals surface area contributed by atoms with Gasteiger partial charge < -0.3 is 10.1 Å². The van der Waals surface area contributed by atoms with Crippen LogP contribution in [0.1, 0.15) is 34.8 Å². The fourth-order valence-electron chi connectivity index (χ4n) is 2.87. The van der Waals surface area contributed by atoms with Gasteiger partial charge >= 0.3 is 0 Å². The number of aryl methyl sites for hydroxylation is 2. The Morgan fingerprint density at radius 3 is 3.10 bits per heavy atom. The van der Waals surface area contributed by atoms with Gasteiger partial charge in [0, 0.05) is 53.7 Å². The molecule has 1 aliphatic rings. The average Bonchev–Trinajstić information content (AvgIpc) is 3.19. The van der Waals surface area contributed by atoms with Gasteiger partial charge in [0.2, 0.25) is 0 Å². The fourth-order valence-corrected chi connectivity index (χ4v) is 3.73. The van der Waals surface area contributed by atoms with Crippen LogP contribution in [0, 0.1) is 12.8 Å². The van der Waals surface area contributed by atoms with Gasteiger partial charge in [-0.1, -0.05) is 0 Å². The first-order valence-electron chi connectivity index (χ1n) is 7.66. The molecular weight excluding hydrogens is 282 g/mol. The molecule has 3 rings (SSSR count). The second-order valence-electron chi connectivity index (χ2n) is 5.61. The number of rotatable bonds is 6. The molecule has 0 spiro atoms. The number of ether oxygens (including phenoxy) is 1. The van der Waals surface area contributed by atoms with Crippen molar-refractivity contribution >= 4 is 11.3 Å². The van der Waals surface area contributed by atoms with E-state index in [1.165, 1.54) is 15.3 Å². The topological polar surface area (TPSA) is 39.1 Å². The predicted octanol–water partition coefficient (Wildman–Crippen LogP) is 3.14. The van der Waals surface area contributed by atoms with E-state index >= 15 is 0 Å². The van der Waals surface area contributed by atoms with Crippen molar-refractivity contribution < 1.29 is 4.74 Å². The molecule has 1 fully saturated rings. The molecule has 2 aromatic rings. The molecule has 114 valence electrons. The first kappa shape index (κ1) is 14.8. The van der Waals surface area contributed by atoms with Gasteiger partial charge in [-0.25, -0.2) is 0 Å². The molecule has 1 saturated heterocycles. The Balaban J connectivity index is 1.54. The van der Waals surface area contributed by atoms with Crippen LogP contribution in [0.4, 0.5) is 0 Å². The van der Waals surface area contributed by atoms with E-state index in [2.05, 4.69) is 42.6 Å². The van der Waals surface area contributed by atoms with Crippen molar-refractivity contribution in [2.45, 2.75) is 39.5 Å². The Hall–Kier alpha value is -1.17. The van der Waals surface area contributed by atoms with Crippen molar-refractivity contribution in [2.24, 2.45) is 5.92 Å². The molecule has 2 unspecified atom stereocenters. The maximum absolute atomic E-state index is 5.93. The van der Waals surface area contributed by atoms with Crippen LogP contribution in [0.2, 0.25) is 0 Å². The highest BCUT2D eigenvalue weighted by Gasteiger charge is 2.30. The summed E-state index contributed by atoms with van der Waals surface area (Å²) in [7, 11) is 0. The van der Waals surface area contributed by atoms with Crippen LogP contribution >= 0.6 is 11.3 Å². The smallest absolute Gasteiger partial charge is 0.0896 e. The van der Waals surface area contributed by atoms with E-state index in [4.69, 9.17) is 4.74 Å². The van der Waals surface area contributed by atoms with Crippen molar-refractivity contribution in [3.05, 3.63) is 39.8 Å². The van der Waals surface area contributed by atoms with Crippen molar-refractivity contribution in [3.63, 3.8) is 0 Å². The molecule has 0 radical (unpaired) electrons. The fraction of sp³-hybridized carbons (Fsp3) is 0.562. The summed E-state index contributed by atoms with van der Waals surface area (Å²) in [5.41, 5.74) is 1.22. The van der Waals surface area contributed by atoms with Gasteiger partial charge in [0.1, 0.15) is 0 Å². The van der Waals surface area contributed by atoms with Gasteiger partial charge in [-0.2, -0.15) is 5.10 Å². The molecule has 0 aromatic carbocycles. The standard InChI is InChI=1S/C16H23N3OS/c1-3-19-11-14(9-18-19)16-13(6-7-20-16)8-17-10-15-5-4-12(2)21-15/h4-5,9,11,13,16-17H,3,6-8,10H2,1-2H3. The molecule has 0 bridgehead atoms. The minimum atomic E-state index is 0.197. The van der Waals surface area contributed by atoms with E-state index in [0.29, 0.717) is 5.92 Å². The van der Waals surface area contributed by atoms with E-state index < -0.39 is 0 Å². The third-order valence-corrected chi connectivity index (χ3v) is 5.02. The molecule has 21 heavy (non-hydrogen) atoms. The van der Waals surface area contributed by atoms with E-state index in [1.54, 1.807) is 0 Å². The zero-order valence-electron chi connectivity index (χ0n) is 12.7. The molecule has 0 amide bonds. The van der Waals surface area contributed by atoms with Crippen molar-refractivity contribution in [1.82, 2.24) is 15.1 Å². The summed E-state index contributed by atoms with van der Waals surface area (Å²) < 4.78 is 7.89. The second kappa shape index (κ2) is 6.73. The summed E-state index contributed by atoms with van der Waals surface area (Å²) in [4.78, 5) is 2.78. The highest BCUT2D eigenvalue weighted by atomic mass is 32.1. The minimum absolute atomic E-state index is 0.197. The normalized spacial score (nSPS) is 22.0. The van der Waals surface area contributed by atoms with E-state index in [-0.39, 0.29) is 6.10 Å². The lowest BCUT2D eigenvalue weighted by molar-refractivity contribution is 0.0904. The molecule has 3 heterocycles. The van der Waals surface area contributed by atoms with Gasteiger partial charge in [-0.15, -0.1) is 11.3 Å². The number of nitrogens with zero attached hydrogens (tertiary/aromatic N) is 2. The van der Waals surface area contributed by atoms with Crippen molar-refractivity contribution in [3.8, 4) is 0 Å². The van der Waals surface area contributed by atoms with Gasteiger partial charge in [-0.05, 0) is 32.4 Å². The monoisotopic (exact) mass is 305 g/mol. The maximum Gasteiger partial charge on any atom is 0.0896 e. The minimum Gasteiger partial charge on any atom is -0.373 e. The van der Waals surface area contributed by atoms with Crippen LogP contribution < -0.4 is 5.32 Å². The van der Waals surface area contributed by atoms with E-state index in [0.717, 1.165) is 32.7 Å². The largest absolute Gasteiger partial charge is 0.373 e. The Bertz CT molecular complexity index is 578. The highest BCUT2D eigenvalue weighted by molar-refractivity contribution is 7.11. The van der Waals surface area contributed by atoms with Gasteiger partial charge in [0.15, 0.2) is 0 Å². The zero-order valence-corrected chi connectivity index (χ0v) is 13.5. The molecular formula is C16H23N3OS. The van der Waals surface area contributed by atoms with Gasteiger partial charge in [0.05, 0.1) is 12.3 Å². The summed E-state index contributed by atoms with van der Waals surface area (Å²) in [6, 6.07) is 4.39. The third kappa shape index (κ3) is 3.54. The molecule has 2 atom stereocenters. The number of thiophene rings is 1. The zero-order chi connectivity index (χ0) is 14.7. The summed E-state index contributed by atoms with van der Waals surface area (Å²) in [5, 5.41) is 7.94. The maximum atomic E-state index is 5.93. The Labute approximate surface area is 130 Å². The Kier molecular flexibility index (Phi) is 4.73. The number of nitrogens with one attached hydrogen (secondary N) is 1. The molecule has 5 heteroatoms. The first-order valence-corrected chi connectivity index (χ1v) is 8.48. The lowest BCUT2D eigenvalue weighted by Gasteiger charge is -2.17. The third-order valence-electron chi connectivity index (χ3n) is 4.02. The van der Waals surface area contributed by atoms with Crippen LogP contribution in [0.5, 0.6) is 0 Å². The predicted molar refractivity (Wildman–Crippen MR) is 85.5 cm³/mol. The summed E-state index contributed by atoms with van der Waals surface area (Å²) >= 11 is 1.87. The van der Waals surface area contributed by atoms with Crippen LogP contribution in [0.15, 0.2) is 24.5 Å². The molecule has 4 nitrogen and oxygen atoms in total. The highest BCUT2D eigenvalue weighted by Crippen LogP contribution is 2.33. The number of hydrogen-bond donors (Lipinski definition) is 1. The molecule has 2 aromatic heterocycles. The molecule has 1 aliphatic heterocycles. The molecule has 0 saturated carbocycles. The summed E-state index contributed by atoms with van der Waals surface area (Å²) in [6.45, 7) is 7.98. The molecule has 1 N–H and O–H groups in total. The lowest BCUT2D eigenvalue weighted by atomic mass is 9.97.